The Morgan fingerprint density at radius 3 is 2.14 bits per heavy atom. The minimum absolute atomic E-state index is 0.0301. The molecule has 6 nitrogen and oxygen atoms in total. The lowest BCUT2D eigenvalue weighted by atomic mass is 10.2. The normalized spacial score (nSPS) is 10.9. The van der Waals surface area contributed by atoms with E-state index in [0.29, 0.717) is 0 Å². The zero-order valence-corrected chi connectivity index (χ0v) is 7.69. The van der Waals surface area contributed by atoms with Crippen molar-refractivity contribution in [1.82, 2.24) is 0 Å². The van der Waals surface area contributed by atoms with E-state index < -0.39 is 16.3 Å². The smallest absolute Gasteiger partial charge is 0.380 e. The standard InChI is InChI=1S/C7H7NO5S/c8-14(11,12)13-6-3-1-5(2-4-6)7(9)10/h1-4H,(H,9,10)(H2,8,11,12). The molecule has 0 amide bonds. The monoisotopic (exact) mass is 217 g/mol. The Kier molecular flexibility index (Phi) is 2.73. The molecule has 0 heterocycles. The molecule has 0 spiro atoms. The second-order valence-corrected chi connectivity index (χ2v) is 3.56. The molecule has 0 radical (unpaired) electrons. The topological polar surface area (TPSA) is 107 Å². The molecular formula is C7H7NO5S. The zero-order chi connectivity index (χ0) is 10.8. The third-order valence-corrected chi connectivity index (χ3v) is 1.74. The van der Waals surface area contributed by atoms with Gasteiger partial charge in [0.15, 0.2) is 0 Å². The molecule has 0 aromatic heterocycles. The predicted octanol–water partition coefficient (Wildman–Crippen LogP) is -0.0329. The van der Waals surface area contributed by atoms with Gasteiger partial charge in [0.25, 0.3) is 0 Å². The van der Waals surface area contributed by atoms with Gasteiger partial charge in [0.05, 0.1) is 5.56 Å². The highest BCUT2D eigenvalue weighted by Gasteiger charge is 2.06. The average Bonchev–Trinajstić information content (AvgIpc) is 2.02. The van der Waals surface area contributed by atoms with Crippen molar-refractivity contribution >= 4 is 16.3 Å². The van der Waals surface area contributed by atoms with Crippen LogP contribution in [0.2, 0.25) is 0 Å². The van der Waals surface area contributed by atoms with E-state index in [2.05, 4.69) is 9.32 Å². The van der Waals surface area contributed by atoms with Gasteiger partial charge in [0, 0.05) is 0 Å². The van der Waals surface area contributed by atoms with Crippen LogP contribution in [0.3, 0.4) is 0 Å². The van der Waals surface area contributed by atoms with E-state index in [-0.39, 0.29) is 11.3 Å². The summed E-state index contributed by atoms with van der Waals surface area (Å²) in [6.07, 6.45) is 0. The number of aromatic carboxylic acids is 1. The molecular weight excluding hydrogens is 210 g/mol. The fourth-order valence-electron chi connectivity index (χ4n) is 0.787. The SMILES string of the molecule is NS(=O)(=O)Oc1ccc(C(=O)O)cc1. The first-order valence-corrected chi connectivity index (χ1v) is 4.91. The zero-order valence-electron chi connectivity index (χ0n) is 6.88. The van der Waals surface area contributed by atoms with E-state index in [9.17, 15) is 13.2 Å². The van der Waals surface area contributed by atoms with Crippen molar-refractivity contribution in [2.45, 2.75) is 0 Å². The number of nitrogens with two attached hydrogens (primary N) is 1. The Morgan fingerprint density at radius 1 is 1.29 bits per heavy atom. The van der Waals surface area contributed by atoms with Crippen molar-refractivity contribution in [2.75, 3.05) is 0 Å². The maximum atomic E-state index is 10.5. The van der Waals surface area contributed by atoms with Gasteiger partial charge in [-0.3, -0.25) is 0 Å². The van der Waals surface area contributed by atoms with E-state index in [4.69, 9.17) is 5.11 Å². The highest BCUT2D eigenvalue weighted by Crippen LogP contribution is 2.13. The molecule has 0 aliphatic carbocycles. The van der Waals surface area contributed by atoms with Crippen LogP contribution in [0, 0.1) is 0 Å². The molecule has 0 aliphatic rings. The number of rotatable bonds is 3. The third kappa shape index (κ3) is 3.04. The summed E-state index contributed by atoms with van der Waals surface area (Å²) in [5.41, 5.74) is 0.0340. The molecule has 0 fully saturated rings. The number of carbonyl (C=O) groups is 1. The quantitative estimate of drug-likeness (QED) is 0.739. The van der Waals surface area contributed by atoms with Crippen LogP contribution in [0.15, 0.2) is 24.3 Å². The molecule has 3 N–H and O–H groups in total. The Labute approximate surface area is 80.2 Å². The van der Waals surface area contributed by atoms with Gasteiger partial charge < -0.3 is 9.29 Å². The largest absolute Gasteiger partial charge is 0.478 e. The van der Waals surface area contributed by atoms with Crippen LogP contribution in [0.4, 0.5) is 0 Å². The predicted molar refractivity (Wildman–Crippen MR) is 47.1 cm³/mol. The van der Waals surface area contributed by atoms with E-state index in [1.165, 1.54) is 24.3 Å². The highest BCUT2D eigenvalue weighted by molar-refractivity contribution is 7.84. The summed E-state index contributed by atoms with van der Waals surface area (Å²) < 4.78 is 25.2. The maximum Gasteiger partial charge on any atom is 0.380 e. The molecule has 7 heteroatoms. The molecule has 1 aromatic rings. The van der Waals surface area contributed by atoms with Gasteiger partial charge in [-0.25, -0.2) is 4.79 Å². The van der Waals surface area contributed by atoms with Crippen molar-refractivity contribution in [3.05, 3.63) is 29.8 Å². The number of carboxylic acid groups (broad SMARTS) is 1. The van der Waals surface area contributed by atoms with Crippen LogP contribution >= 0.6 is 0 Å². The van der Waals surface area contributed by atoms with Crippen LogP contribution in [0.1, 0.15) is 10.4 Å². The summed E-state index contributed by atoms with van der Waals surface area (Å²) in [6, 6.07) is 4.83. The first-order chi connectivity index (χ1) is 6.38. The van der Waals surface area contributed by atoms with Crippen LogP contribution in [-0.4, -0.2) is 19.5 Å². The van der Waals surface area contributed by atoms with Crippen LogP contribution < -0.4 is 9.32 Å². The summed E-state index contributed by atoms with van der Waals surface area (Å²) in [4.78, 5) is 10.4. The maximum absolute atomic E-state index is 10.5. The van der Waals surface area contributed by atoms with Gasteiger partial charge in [-0.05, 0) is 24.3 Å². The van der Waals surface area contributed by atoms with Gasteiger partial charge in [0.2, 0.25) is 0 Å². The molecule has 0 aliphatic heterocycles. The van der Waals surface area contributed by atoms with Gasteiger partial charge in [0.1, 0.15) is 5.75 Å². The summed E-state index contributed by atoms with van der Waals surface area (Å²) in [5.74, 6) is -1.13. The molecule has 0 saturated heterocycles. The lowest BCUT2D eigenvalue weighted by molar-refractivity contribution is 0.0697. The molecule has 14 heavy (non-hydrogen) atoms. The van der Waals surface area contributed by atoms with Crippen molar-refractivity contribution in [1.29, 1.82) is 0 Å². The molecule has 0 unspecified atom stereocenters. The van der Waals surface area contributed by atoms with Gasteiger partial charge >= 0.3 is 16.3 Å². The molecule has 0 bridgehead atoms. The number of benzene rings is 1. The van der Waals surface area contributed by atoms with E-state index in [0.717, 1.165) is 0 Å². The van der Waals surface area contributed by atoms with Crippen molar-refractivity contribution in [3.8, 4) is 5.75 Å². The summed E-state index contributed by atoms with van der Waals surface area (Å²) in [7, 11) is -4.06. The van der Waals surface area contributed by atoms with Gasteiger partial charge in [-0.15, -0.1) is 0 Å². The molecule has 0 saturated carbocycles. The minimum atomic E-state index is -4.06. The minimum Gasteiger partial charge on any atom is -0.478 e. The fourth-order valence-corrected chi connectivity index (χ4v) is 1.17. The highest BCUT2D eigenvalue weighted by atomic mass is 32.2. The lowest BCUT2D eigenvalue weighted by Gasteiger charge is -2.01. The Bertz CT molecular complexity index is 436. The van der Waals surface area contributed by atoms with E-state index >= 15 is 0 Å². The Balaban J connectivity index is 2.90. The molecule has 0 atom stereocenters. The van der Waals surface area contributed by atoms with Gasteiger partial charge in [-0.2, -0.15) is 13.6 Å². The van der Waals surface area contributed by atoms with E-state index in [1.807, 2.05) is 0 Å². The average molecular weight is 217 g/mol. The second-order valence-electron chi connectivity index (χ2n) is 2.41. The Morgan fingerprint density at radius 2 is 1.79 bits per heavy atom. The second kappa shape index (κ2) is 3.64. The first kappa shape index (κ1) is 10.5. The van der Waals surface area contributed by atoms with Crippen molar-refractivity contribution in [2.24, 2.45) is 5.14 Å². The molecule has 1 rings (SSSR count). The number of carboxylic acids is 1. The summed E-state index contributed by atoms with van der Waals surface area (Å²) in [6.45, 7) is 0. The summed E-state index contributed by atoms with van der Waals surface area (Å²) in [5, 5.41) is 13.1. The molecule has 1 aromatic carbocycles. The van der Waals surface area contributed by atoms with Gasteiger partial charge in [-0.1, -0.05) is 0 Å². The van der Waals surface area contributed by atoms with Crippen LogP contribution in [0.5, 0.6) is 5.75 Å². The van der Waals surface area contributed by atoms with Crippen molar-refractivity contribution in [3.63, 3.8) is 0 Å². The van der Waals surface area contributed by atoms with Crippen LogP contribution in [-0.2, 0) is 10.3 Å². The molecule has 76 valence electrons. The number of hydrogen-bond acceptors (Lipinski definition) is 4. The van der Waals surface area contributed by atoms with Crippen LogP contribution in [0.25, 0.3) is 0 Å². The summed E-state index contributed by atoms with van der Waals surface area (Å²) >= 11 is 0. The third-order valence-electron chi connectivity index (χ3n) is 1.31. The number of hydrogen-bond donors (Lipinski definition) is 2. The lowest BCUT2D eigenvalue weighted by Crippen LogP contribution is -2.18. The Hall–Kier alpha value is -1.60. The first-order valence-electron chi connectivity index (χ1n) is 3.44. The van der Waals surface area contributed by atoms with Crippen molar-refractivity contribution < 1.29 is 22.5 Å². The van der Waals surface area contributed by atoms with E-state index in [1.54, 1.807) is 0 Å². The fraction of sp³-hybridized carbons (Fsp3) is 0.